The quantitative estimate of drug-likeness (QED) is 0.719. The van der Waals surface area contributed by atoms with Gasteiger partial charge in [0.05, 0.1) is 0 Å². The maximum Gasteiger partial charge on any atom is 0.293 e. The van der Waals surface area contributed by atoms with Gasteiger partial charge in [-0.1, -0.05) is 0 Å². The van der Waals surface area contributed by atoms with Crippen molar-refractivity contribution in [1.82, 2.24) is 9.55 Å². The fourth-order valence-electron chi connectivity index (χ4n) is 1.53. The molecule has 1 aromatic heterocycles. The Morgan fingerprint density at radius 1 is 1.59 bits per heavy atom. The smallest absolute Gasteiger partial charge is 0.293 e. The third kappa shape index (κ3) is 3.85. The number of hydrogen-bond acceptors (Lipinski definition) is 4. The van der Waals surface area contributed by atoms with E-state index in [1.165, 1.54) is 17.4 Å². The molecule has 0 bridgehead atoms. The summed E-state index contributed by atoms with van der Waals surface area (Å²) in [6.07, 6.45) is 6.80. The Hall–Kier alpha value is -1.36. The Balaban J connectivity index is 1.63. The molecule has 0 spiro atoms. The maximum atomic E-state index is 11.6. The van der Waals surface area contributed by atoms with Gasteiger partial charge in [0.25, 0.3) is 5.56 Å². The van der Waals surface area contributed by atoms with Gasteiger partial charge in [0, 0.05) is 39.2 Å². The lowest BCUT2D eigenvalue weighted by Crippen LogP contribution is -2.22. The highest BCUT2D eigenvalue weighted by molar-refractivity contribution is 5.30. The van der Waals surface area contributed by atoms with E-state index in [9.17, 15) is 4.79 Å². The van der Waals surface area contributed by atoms with Crippen LogP contribution in [0, 0.1) is 5.92 Å². The Morgan fingerprint density at radius 2 is 2.41 bits per heavy atom. The van der Waals surface area contributed by atoms with Crippen molar-refractivity contribution in [1.29, 1.82) is 0 Å². The van der Waals surface area contributed by atoms with E-state index in [1.54, 1.807) is 19.4 Å². The van der Waals surface area contributed by atoms with Gasteiger partial charge in [-0.3, -0.25) is 4.79 Å². The zero-order chi connectivity index (χ0) is 12.1. The van der Waals surface area contributed by atoms with Crippen molar-refractivity contribution >= 4 is 5.82 Å². The Kier molecular flexibility index (Phi) is 4.14. The highest BCUT2D eigenvalue weighted by atomic mass is 16.5. The third-order valence-electron chi connectivity index (χ3n) is 2.83. The molecule has 0 aromatic carbocycles. The molecule has 0 aliphatic heterocycles. The van der Waals surface area contributed by atoms with Gasteiger partial charge in [-0.2, -0.15) is 0 Å². The second-order valence-corrected chi connectivity index (χ2v) is 4.49. The van der Waals surface area contributed by atoms with Crippen molar-refractivity contribution < 1.29 is 4.74 Å². The predicted octanol–water partition coefficient (Wildman–Crippen LogP) is 1.01. The van der Waals surface area contributed by atoms with Crippen LogP contribution < -0.4 is 10.9 Å². The molecule has 0 amide bonds. The molecule has 1 aromatic rings. The molecule has 94 valence electrons. The molecule has 0 saturated heterocycles. The van der Waals surface area contributed by atoms with Crippen LogP contribution in [0.1, 0.15) is 19.3 Å². The molecule has 2 rings (SSSR count). The minimum atomic E-state index is -0.0913. The SMILES string of the molecule is Cn1ccnc(NCCCOCC2CC2)c1=O. The van der Waals surface area contributed by atoms with E-state index in [4.69, 9.17) is 4.74 Å². The molecule has 0 atom stereocenters. The number of rotatable bonds is 7. The highest BCUT2D eigenvalue weighted by Crippen LogP contribution is 2.28. The van der Waals surface area contributed by atoms with Crippen LogP contribution in [-0.2, 0) is 11.8 Å². The largest absolute Gasteiger partial charge is 0.381 e. The average Bonchev–Trinajstić information content (AvgIpc) is 3.12. The monoisotopic (exact) mass is 237 g/mol. The summed E-state index contributed by atoms with van der Waals surface area (Å²) in [6.45, 7) is 2.36. The molecule has 1 saturated carbocycles. The number of aryl methyl sites for hydroxylation is 1. The first-order valence-electron chi connectivity index (χ1n) is 6.10. The maximum absolute atomic E-state index is 11.6. The first-order chi connectivity index (χ1) is 8.27. The van der Waals surface area contributed by atoms with Crippen LogP contribution in [-0.4, -0.2) is 29.3 Å². The second-order valence-electron chi connectivity index (χ2n) is 4.49. The van der Waals surface area contributed by atoms with Gasteiger partial charge in [-0.05, 0) is 25.2 Å². The molecule has 0 radical (unpaired) electrons. The molecule has 5 heteroatoms. The molecule has 0 unspecified atom stereocenters. The lowest BCUT2D eigenvalue weighted by Gasteiger charge is -2.06. The van der Waals surface area contributed by atoms with E-state index in [2.05, 4.69) is 10.3 Å². The summed E-state index contributed by atoms with van der Waals surface area (Å²) in [5.74, 6) is 1.23. The number of hydrogen-bond donors (Lipinski definition) is 1. The van der Waals surface area contributed by atoms with Crippen LogP contribution in [0.15, 0.2) is 17.2 Å². The summed E-state index contributed by atoms with van der Waals surface area (Å²) in [7, 11) is 1.72. The van der Waals surface area contributed by atoms with E-state index >= 15 is 0 Å². The van der Waals surface area contributed by atoms with Crippen LogP contribution in [0.4, 0.5) is 5.82 Å². The van der Waals surface area contributed by atoms with Gasteiger partial charge >= 0.3 is 0 Å². The molecule has 1 aliphatic carbocycles. The minimum absolute atomic E-state index is 0.0913. The first kappa shape index (κ1) is 12.1. The lowest BCUT2D eigenvalue weighted by molar-refractivity contribution is 0.124. The van der Waals surface area contributed by atoms with Crippen molar-refractivity contribution in [2.75, 3.05) is 25.1 Å². The Morgan fingerprint density at radius 3 is 3.18 bits per heavy atom. The molecular weight excluding hydrogens is 218 g/mol. The van der Waals surface area contributed by atoms with E-state index in [0.29, 0.717) is 5.82 Å². The fraction of sp³-hybridized carbons (Fsp3) is 0.667. The third-order valence-corrected chi connectivity index (χ3v) is 2.83. The highest BCUT2D eigenvalue weighted by Gasteiger charge is 2.20. The molecular formula is C12H19N3O2. The number of ether oxygens (including phenoxy) is 1. The molecule has 1 heterocycles. The average molecular weight is 237 g/mol. The summed E-state index contributed by atoms with van der Waals surface area (Å²) in [5, 5.41) is 3.03. The van der Waals surface area contributed by atoms with Crippen LogP contribution in [0.25, 0.3) is 0 Å². The van der Waals surface area contributed by atoms with Gasteiger partial charge in [0.15, 0.2) is 5.82 Å². The number of anilines is 1. The Bertz CT molecular complexity index is 412. The topological polar surface area (TPSA) is 56.1 Å². The summed E-state index contributed by atoms with van der Waals surface area (Å²) >= 11 is 0. The van der Waals surface area contributed by atoms with E-state index in [0.717, 1.165) is 32.1 Å². The second kappa shape index (κ2) is 5.82. The zero-order valence-electron chi connectivity index (χ0n) is 10.2. The van der Waals surface area contributed by atoms with Gasteiger partial charge in [-0.15, -0.1) is 0 Å². The van der Waals surface area contributed by atoms with Crippen molar-refractivity contribution in [3.05, 3.63) is 22.7 Å². The predicted molar refractivity (Wildman–Crippen MR) is 66.1 cm³/mol. The van der Waals surface area contributed by atoms with Crippen molar-refractivity contribution in [2.24, 2.45) is 13.0 Å². The summed E-state index contributed by atoms with van der Waals surface area (Å²) in [6, 6.07) is 0. The minimum Gasteiger partial charge on any atom is -0.381 e. The van der Waals surface area contributed by atoms with Crippen molar-refractivity contribution in [2.45, 2.75) is 19.3 Å². The summed E-state index contributed by atoms with van der Waals surface area (Å²) in [5.41, 5.74) is -0.0913. The molecule has 1 N–H and O–H groups in total. The lowest BCUT2D eigenvalue weighted by atomic mass is 10.4. The molecule has 17 heavy (non-hydrogen) atoms. The molecule has 5 nitrogen and oxygen atoms in total. The zero-order valence-corrected chi connectivity index (χ0v) is 10.2. The number of nitrogens with one attached hydrogen (secondary N) is 1. The van der Waals surface area contributed by atoms with Crippen LogP contribution >= 0.6 is 0 Å². The van der Waals surface area contributed by atoms with Gasteiger partial charge in [0.2, 0.25) is 0 Å². The summed E-state index contributed by atoms with van der Waals surface area (Å²) < 4.78 is 7.02. The Labute approximate surface area is 101 Å². The van der Waals surface area contributed by atoms with Crippen molar-refractivity contribution in [3.63, 3.8) is 0 Å². The van der Waals surface area contributed by atoms with Gasteiger partial charge < -0.3 is 14.6 Å². The first-order valence-corrected chi connectivity index (χ1v) is 6.10. The van der Waals surface area contributed by atoms with Gasteiger partial charge in [0.1, 0.15) is 0 Å². The van der Waals surface area contributed by atoms with Crippen LogP contribution in [0.2, 0.25) is 0 Å². The van der Waals surface area contributed by atoms with E-state index in [1.807, 2.05) is 0 Å². The van der Waals surface area contributed by atoms with E-state index < -0.39 is 0 Å². The number of nitrogens with zero attached hydrogens (tertiary/aromatic N) is 2. The molecule has 1 aliphatic rings. The standard InChI is InChI=1S/C12H19N3O2/c1-15-7-6-14-11(12(15)16)13-5-2-8-17-9-10-3-4-10/h6-7,10H,2-5,8-9H2,1H3,(H,13,14). The normalized spacial score (nSPS) is 14.9. The summed E-state index contributed by atoms with van der Waals surface area (Å²) in [4.78, 5) is 15.6. The fourth-order valence-corrected chi connectivity index (χ4v) is 1.53. The number of aromatic nitrogens is 2. The van der Waals surface area contributed by atoms with Crippen molar-refractivity contribution in [3.8, 4) is 0 Å². The van der Waals surface area contributed by atoms with Crippen LogP contribution in [0.3, 0.4) is 0 Å². The van der Waals surface area contributed by atoms with Gasteiger partial charge in [-0.25, -0.2) is 4.98 Å². The molecule has 1 fully saturated rings. The van der Waals surface area contributed by atoms with E-state index in [-0.39, 0.29) is 5.56 Å². The van der Waals surface area contributed by atoms with Crippen LogP contribution in [0.5, 0.6) is 0 Å².